The Morgan fingerprint density at radius 2 is 2.32 bits per heavy atom. The van der Waals surface area contributed by atoms with E-state index in [9.17, 15) is 4.79 Å². The van der Waals surface area contributed by atoms with Crippen molar-refractivity contribution in [1.29, 1.82) is 0 Å². The smallest absolute Gasteiger partial charge is 0.225 e. The number of hydrogen-bond donors (Lipinski definition) is 1. The van der Waals surface area contributed by atoms with Crippen LogP contribution in [0.2, 0.25) is 0 Å². The van der Waals surface area contributed by atoms with Gasteiger partial charge in [-0.15, -0.1) is 0 Å². The maximum atomic E-state index is 12.0. The van der Waals surface area contributed by atoms with Gasteiger partial charge < -0.3 is 14.8 Å². The predicted molar refractivity (Wildman–Crippen MR) is 84.6 cm³/mol. The van der Waals surface area contributed by atoms with Crippen molar-refractivity contribution in [3.63, 3.8) is 0 Å². The van der Waals surface area contributed by atoms with Crippen molar-refractivity contribution < 1.29 is 14.3 Å². The fourth-order valence-electron chi connectivity index (χ4n) is 2.62. The lowest BCUT2D eigenvalue weighted by atomic mass is 10.1. The molecule has 122 valence electrons. The monoisotopic (exact) mass is 306 g/mol. The molecule has 22 heavy (non-hydrogen) atoms. The van der Waals surface area contributed by atoms with Crippen molar-refractivity contribution in [1.82, 2.24) is 10.3 Å². The van der Waals surface area contributed by atoms with E-state index in [1.54, 1.807) is 6.20 Å². The van der Waals surface area contributed by atoms with Crippen LogP contribution >= 0.6 is 0 Å². The first-order valence-electron chi connectivity index (χ1n) is 8.01. The largest absolute Gasteiger partial charge is 0.475 e. The molecule has 0 bridgehead atoms. The number of amides is 1. The molecule has 1 N–H and O–H groups in total. The van der Waals surface area contributed by atoms with Crippen LogP contribution in [0.5, 0.6) is 5.88 Å². The first kappa shape index (κ1) is 16.7. The van der Waals surface area contributed by atoms with Crippen molar-refractivity contribution >= 4 is 5.91 Å². The Balaban J connectivity index is 1.84. The van der Waals surface area contributed by atoms with Crippen LogP contribution in [0.3, 0.4) is 0 Å². The second kappa shape index (κ2) is 8.13. The molecule has 2 rings (SSSR count). The average molecular weight is 306 g/mol. The molecular weight excluding hydrogens is 280 g/mol. The summed E-state index contributed by atoms with van der Waals surface area (Å²) in [5.41, 5.74) is 0.994. The van der Waals surface area contributed by atoms with Gasteiger partial charge in [0.15, 0.2) is 0 Å². The Labute approximate surface area is 132 Å². The summed E-state index contributed by atoms with van der Waals surface area (Å²) in [6, 6.07) is 3.79. The van der Waals surface area contributed by atoms with E-state index in [0.717, 1.165) is 18.4 Å². The van der Waals surface area contributed by atoms with Crippen molar-refractivity contribution in [3.05, 3.63) is 23.9 Å². The number of ether oxygens (including phenoxy) is 2. The highest BCUT2D eigenvalue weighted by atomic mass is 16.5. The summed E-state index contributed by atoms with van der Waals surface area (Å²) in [4.78, 5) is 16.2. The molecule has 1 fully saturated rings. The number of hydrogen-bond acceptors (Lipinski definition) is 4. The zero-order valence-electron chi connectivity index (χ0n) is 13.7. The van der Waals surface area contributed by atoms with E-state index < -0.39 is 0 Å². The summed E-state index contributed by atoms with van der Waals surface area (Å²) in [6.07, 6.45) is 3.65. The molecule has 5 nitrogen and oxygen atoms in total. The molecule has 1 amide bonds. The summed E-state index contributed by atoms with van der Waals surface area (Å²) >= 11 is 0. The van der Waals surface area contributed by atoms with Crippen LogP contribution in [0.15, 0.2) is 18.3 Å². The van der Waals surface area contributed by atoms with E-state index in [-0.39, 0.29) is 17.9 Å². The molecule has 2 heterocycles. The first-order valence-corrected chi connectivity index (χ1v) is 8.01. The normalized spacial score (nSPS) is 19.2. The molecule has 1 saturated heterocycles. The highest BCUT2D eigenvalue weighted by Crippen LogP contribution is 2.16. The lowest BCUT2D eigenvalue weighted by Crippen LogP contribution is -2.30. The molecule has 0 spiro atoms. The van der Waals surface area contributed by atoms with Crippen LogP contribution < -0.4 is 10.1 Å². The van der Waals surface area contributed by atoms with E-state index >= 15 is 0 Å². The lowest BCUT2D eigenvalue weighted by Gasteiger charge is -2.16. The number of aromatic nitrogens is 1. The molecule has 1 aromatic heterocycles. The van der Waals surface area contributed by atoms with Gasteiger partial charge in [-0.1, -0.05) is 13.8 Å². The van der Waals surface area contributed by atoms with Crippen molar-refractivity contribution in [3.8, 4) is 5.88 Å². The van der Waals surface area contributed by atoms with Gasteiger partial charge in [-0.2, -0.15) is 0 Å². The van der Waals surface area contributed by atoms with Crippen LogP contribution in [0.4, 0.5) is 0 Å². The summed E-state index contributed by atoms with van der Waals surface area (Å²) in [6.45, 7) is 8.10. The minimum Gasteiger partial charge on any atom is -0.475 e. The van der Waals surface area contributed by atoms with E-state index in [0.29, 0.717) is 31.6 Å². The number of carbonyl (C=O) groups is 1. The van der Waals surface area contributed by atoms with Crippen LogP contribution in [0.1, 0.15) is 39.2 Å². The van der Waals surface area contributed by atoms with E-state index in [4.69, 9.17) is 9.47 Å². The van der Waals surface area contributed by atoms with Gasteiger partial charge in [0, 0.05) is 25.4 Å². The van der Waals surface area contributed by atoms with E-state index in [1.165, 1.54) is 0 Å². The zero-order valence-corrected chi connectivity index (χ0v) is 13.7. The average Bonchev–Trinajstić information content (AvgIpc) is 2.98. The number of rotatable bonds is 7. The van der Waals surface area contributed by atoms with Gasteiger partial charge in [-0.25, -0.2) is 4.98 Å². The summed E-state index contributed by atoms with van der Waals surface area (Å²) < 4.78 is 11.1. The summed E-state index contributed by atoms with van der Waals surface area (Å²) in [7, 11) is 0. The van der Waals surface area contributed by atoms with Crippen molar-refractivity contribution in [2.24, 2.45) is 11.8 Å². The van der Waals surface area contributed by atoms with Gasteiger partial charge in [0.2, 0.25) is 11.8 Å². The Morgan fingerprint density at radius 3 is 3.00 bits per heavy atom. The van der Waals surface area contributed by atoms with Gasteiger partial charge >= 0.3 is 0 Å². The second-order valence-corrected chi connectivity index (χ2v) is 6.34. The standard InChI is InChI=1S/C17H26N2O3/c1-12(2)8-13(3)22-16-9-14(4-6-18-16)10-19-17(20)15-5-7-21-11-15/h4,6,9,12-13,15H,5,7-8,10-11H2,1-3H3,(H,19,20)/t13-,15-/m1/s1. The zero-order chi connectivity index (χ0) is 15.9. The molecule has 1 aliphatic heterocycles. The molecule has 2 atom stereocenters. The Kier molecular flexibility index (Phi) is 6.19. The third kappa shape index (κ3) is 5.30. The van der Waals surface area contributed by atoms with E-state index in [2.05, 4.69) is 31.1 Å². The molecule has 5 heteroatoms. The Hall–Kier alpha value is -1.62. The van der Waals surface area contributed by atoms with Gasteiger partial charge in [0.1, 0.15) is 0 Å². The maximum Gasteiger partial charge on any atom is 0.225 e. The quantitative estimate of drug-likeness (QED) is 0.841. The first-order chi connectivity index (χ1) is 10.5. The fraction of sp³-hybridized carbons (Fsp3) is 0.647. The van der Waals surface area contributed by atoms with E-state index in [1.807, 2.05) is 12.1 Å². The fourth-order valence-corrected chi connectivity index (χ4v) is 2.62. The summed E-state index contributed by atoms with van der Waals surface area (Å²) in [5.74, 6) is 1.25. The van der Waals surface area contributed by atoms with Crippen LogP contribution in [-0.4, -0.2) is 30.2 Å². The molecule has 0 radical (unpaired) electrons. The molecule has 1 aliphatic rings. The molecule has 0 aromatic carbocycles. The van der Waals surface area contributed by atoms with Crippen molar-refractivity contribution in [2.45, 2.75) is 46.3 Å². The van der Waals surface area contributed by atoms with Gasteiger partial charge in [-0.3, -0.25) is 4.79 Å². The third-order valence-corrected chi connectivity index (χ3v) is 3.69. The number of carbonyl (C=O) groups excluding carboxylic acids is 1. The number of nitrogens with one attached hydrogen (secondary N) is 1. The maximum absolute atomic E-state index is 12.0. The van der Waals surface area contributed by atoms with Crippen LogP contribution in [-0.2, 0) is 16.1 Å². The van der Waals surface area contributed by atoms with Crippen LogP contribution in [0.25, 0.3) is 0 Å². The molecule has 1 aromatic rings. The predicted octanol–water partition coefficient (Wildman–Crippen LogP) is 2.55. The second-order valence-electron chi connectivity index (χ2n) is 6.34. The van der Waals surface area contributed by atoms with Gasteiger partial charge in [0.05, 0.1) is 18.6 Å². The molecule has 0 aliphatic carbocycles. The Bertz CT molecular complexity index is 485. The third-order valence-electron chi connectivity index (χ3n) is 3.69. The molecule has 0 unspecified atom stereocenters. The van der Waals surface area contributed by atoms with Gasteiger partial charge in [-0.05, 0) is 37.3 Å². The highest BCUT2D eigenvalue weighted by Gasteiger charge is 2.23. The summed E-state index contributed by atoms with van der Waals surface area (Å²) in [5, 5.41) is 2.95. The minimum absolute atomic E-state index is 0.0105. The molecule has 0 saturated carbocycles. The topological polar surface area (TPSA) is 60.5 Å². The highest BCUT2D eigenvalue weighted by molar-refractivity contribution is 5.78. The van der Waals surface area contributed by atoms with Gasteiger partial charge in [0.25, 0.3) is 0 Å². The minimum atomic E-state index is -0.0105. The van der Waals surface area contributed by atoms with Crippen molar-refractivity contribution in [2.75, 3.05) is 13.2 Å². The van der Waals surface area contributed by atoms with Crippen LogP contribution in [0, 0.1) is 11.8 Å². The number of pyridine rings is 1. The number of nitrogens with zero attached hydrogens (tertiary/aromatic N) is 1. The molecular formula is C17H26N2O3. The SMILES string of the molecule is CC(C)C[C@@H](C)Oc1cc(CNC(=O)[C@@H]2CCOC2)ccn1. The lowest BCUT2D eigenvalue weighted by molar-refractivity contribution is -0.125. The Morgan fingerprint density at radius 1 is 1.50 bits per heavy atom.